The van der Waals surface area contributed by atoms with E-state index in [1.165, 1.54) is 12.0 Å². The van der Waals surface area contributed by atoms with Gasteiger partial charge in [0.2, 0.25) is 5.91 Å². The van der Waals surface area contributed by atoms with Gasteiger partial charge < -0.3 is 15.5 Å². The Morgan fingerprint density at radius 1 is 1.50 bits per heavy atom. The Morgan fingerprint density at radius 3 is 3.10 bits per heavy atom. The van der Waals surface area contributed by atoms with Gasteiger partial charge in [0.25, 0.3) is 0 Å². The zero-order chi connectivity index (χ0) is 14.1. The molecule has 0 aliphatic carbocycles. The van der Waals surface area contributed by atoms with Crippen LogP contribution in [0.3, 0.4) is 0 Å². The van der Waals surface area contributed by atoms with Crippen LogP contribution in [0.15, 0.2) is 22.6 Å². The summed E-state index contributed by atoms with van der Waals surface area (Å²) in [7, 11) is 0. The van der Waals surface area contributed by atoms with Crippen LogP contribution < -0.4 is 11.1 Å². The smallest absolute Gasteiger partial charge is 0.248 e. The number of furan rings is 1. The molecule has 106 valence electrons. The van der Waals surface area contributed by atoms with Crippen LogP contribution in [-0.2, 0) is 12.8 Å². The fourth-order valence-corrected chi connectivity index (χ4v) is 3.04. The number of primary amides is 1. The Hall–Kier alpha value is -1.81. The molecule has 4 nitrogen and oxygen atoms in total. The molecule has 0 fully saturated rings. The molecule has 1 atom stereocenters. The molecule has 1 aromatic heterocycles. The highest BCUT2D eigenvalue weighted by molar-refractivity contribution is 5.97. The van der Waals surface area contributed by atoms with Gasteiger partial charge >= 0.3 is 0 Å². The van der Waals surface area contributed by atoms with Crippen LogP contribution in [-0.4, -0.2) is 18.5 Å². The first kappa shape index (κ1) is 13.2. The van der Waals surface area contributed by atoms with Crippen molar-refractivity contribution in [3.8, 4) is 0 Å². The summed E-state index contributed by atoms with van der Waals surface area (Å²) in [6.07, 6.45) is 4.18. The average Bonchev–Trinajstić information content (AvgIpc) is 2.63. The molecule has 20 heavy (non-hydrogen) atoms. The Bertz CT molecular complexity index is 645. The van der Waals surface area contributed by atoms with Crippen molar-refractivity contribution in [2.45, 2.75) is 38.6 Å². The molecule has 3 N–H and O–H groups in total. The van der Waals surface area contributed by atoms with E-state index in [9.17, 15) is 4.79 Å². The lowest BCUT2D eigenvalue weighted by atomic mass is 10.0. The number of amides is 1. The Balaban J connectivity index is 2.03. The number of nitrogens with two attached hydrogens (primary N) is 1. The third-order valence-corrected chi connectivity index (χ3v) is 4.04. The van der Waals surface area contributed by atoms with Crippen LogP contribution in [0.5, 0.6) is 0 Å². The fraction of sp³-hybridized carbons (Fsp3) is 0.438. The summed E-state index contributed by atoms with van der Waals surface area (Å²) >= 11 is 0. The van der Waals surface area contributed by atoms with Crippen LogP contribution in [0.2, 0.25) is 0 Å². The van der Waals surface area contributed by atoms with Gasteiger partial charge in [0, 0.05) is 29.0 Å². The Labute approximate surface area is 118 Å². The first-order chi connectivity index (χ1) is 9.69. The molecular formula is C16H20N2O2. The normalized spacial score (nSPS) is 18.8. The quantitative estimate of drug-likeness (QED) is 0.901. The van der Waals surface area contributed by atoms with Crippen LogP contribution >= 0.6 is 0 Å². The van der Waals surface area contributed by atoms with Crippen LogP contribution in [0.25, 0.3) is 11.0 Å². The maximum atomic E-state index is 11.3. The van der Waals surface area contributed by atoms with Gasteiger partial charge in [-0.05, 0) is 37.6 Å². The van der Waals surface area contributed by atoms with E-state index in [0.717, 1.165) is 42.5 Å². The highest BCUT2D eigenvalue weighted by Crippen LogP contribution is 2.30. The number of carbonyl (C=O) groups is 1. The van der Waals surface area contributed by atoms with E-state index in [1.54, 1.807) is 6.07 Å². The lowest BCUT2D eigenvalue weighted by Gasteiger charge is -2.13. The fourth-order valence-electron chi connectivity index (χ4n) is 3.04. The second kappa shape index (κ2) is 5.29. The van der Waals surface area contributed by atoms with E-state index in [0.29, 0.717) is 11.6 Å². The summed E-state index contributed by atoms with van der Waals surface area (Å²) in [5.41, 5.74) is 7.99. The Kier molecular flexibility index (Phi) is 3.49. The maximum absolute atomic E-state index is 11.3. The molecule has 0 radical (unpaired) electrons. The molecule has 2 heterocycles. The van der Waals surface area contributed by atoms with Crippen molar-refractivity contribution in [3.63, 3.8) is 0 Å². The van der Waals surface area contributed by atoms with Crippen molar-refractivity contribution in [1.82, 2.24) is 5.32 Å². The zero-order valence-electron chi connectivity index (χ0n) is 11.7. The van der Waals surface area contributed by atoms with Crippen molar-refractivity contribution in [2.75, 3.05) is 6.54 Å². The summed E-state index contributed by atoms with van der Waals surface area (Å²) in [6.45, 7) is 3.15. The van der Waals surface area contributed by atoms with Gasteiger partial charge in [-0.3, -0.25) is 4.79 Å². The van der Waals surface area contributed by atoms with E-state index in [2.05, 4.69) is 12.2 Å². The third kappa shape index (κ3) is 2.31. The van der Waals surface area contributed by atoms with Crippen molar-refractivity contribution < 1.29 is 9.21 Å². The van der Waals surface area contributed by atoms with Crippen molar-refractivity contribution in [2.24, 2.45) is 5.73 Å². The Morgan fingerprint density at radius 2 is 2.35 bits per heavy atom. The van der Waals surface area contributed by atoms with Gasteiger partial charge in [-0.1, -0.05) is 13.3 Å². The molecule has 1 aliphatic rings. The molecule has 0 saturated carbocycles. The first-order valence-corrected chi connectivity index (χ1v) is 7.26. The number of benzene rings is 1. The van der Waals surface area contributed by atoms with Gasteiger partial charge in [0.05, 0.1) is 0 Å². The number of hydrogen-bond acceptors (Lipinski definition) is 3. The van der Waals surface area contributed by atoms with E-state index in [4.69, 9.17) is 10.2 Å². The minimum atomic E-state index is -0.391. The highest BCUT2D eigenvalue weighted by Gasteiger charge is 2.21. The molecule has 0 spiro atoms. The second-order valence-electron chi connectivity index (χ2n) is 5.47. The van der Waals surface area contributed by atoms with Crippen molar-refractivity contribution >= 4 is 16.9 Å². The van der Waals surface area contributed by atoms with Crippen LogP contribution in [0, 0.1) is 0 Å². The van der Waals surface area contributed by atoms with Gasteiger partial charge in [0.15, 0.2) is 0 Å². The summed E-state index contributed by atoms with van der Waals surface area (Å²) in [4.78, 5) is 11.3. The maximum Gasteiger partial charge on any atom is 0.248 e. The SMILES string of the molecule is CCCC1Cc2oc3ccc(C(N)=O)cc3c2CCN1. The average molecular weight is 272 g/mol. The molecule has 2 aromatic rings. The number of rotatable bonds is 3. The third-order valence-electron chi connectivity index (χ3n) is 4.04. The van der Waals surface area contributed by atoms with Gasteiger partial charge in [-0.25, -0.2) is 0 Å². The molecule has 1 aliphatic heterocycles. The lowest BCUT2D eigenvalue weighted by Crippen LogP contribution is -2.30. The number of carbonyl (C=O) groups excluding carboxylic acids is 1. The molecular weight excluding hydrogens is 252 g/mol. The van der Waals surface area contributed by atoms with E-state index < -0.39 is 5.91 Å². The van der Waals surface area contributed by atoms with E-state index in [-0.39, 0.29) is 0 Å². The number of fused-ring (bicyclic) bond motifs is 3. The van der Waals surface area contributed by atoms with E-state index >= 15 is 0 Å². The van der Waals surface area contributed by atoms with Crippen LogP contribution in [0.1, 0.15) is 41.4 Å². The monoisotopic (exact) mass is 272 g/mol. The first-order valence-electron chi connectivity index (χ1n) is 7.26. The minimum Gasteiger partial charge on any atom is -0.461 e. The highest BCUT2D eigenvalue weighted by atomic mass is 16.3. The van der Waals surface area contributed by atoms with Gasteiger partial charge in [0.1, 0.15) is 11.3 Å². The summed E-state index contributed by atoms with van der Waals surface area (Å²) in [5.74, 6) is 0.669. The summed E-state index contributed by atoms with van der Waals surface area (Å²) < 4.78 is 5.99. The lowest BCUT2D eigenvalue weighted by molar-refractivity contribution is 0.100. The molecule has 4 heteroatoms. The van der Waals surface area contributed by atoms with E-state index in [1.807, 2.05) is 12.1 Å². The minimum absolute atomic E-state index is 0.391. The molecule has 3 rings (SSSR count). The number of hydrogen-bond donors (Lipinski definition) is 2. The molecule has 1 amide bonds. The van der Waals surface area contributed by atoms with Crippen LogP contribution in [0.4, 0.5) is 0 Å². The predicted molar refractivity (Wildman–Crippen MR) is 78.8 cm³/mol. The molecule has 0 saturated heterocycles. The largest absolute Gasteiger partial charge is 0.461 e. The zero-order valence-corrected chi connectivity index (χ0v) is 11.7. The summed E-state index contributed by atoms with van der Waals surface area (Å²) in [5, 5.41) is 4.60. The predicted octanol–water partition coefficient (Wildman–Crippen LogP) is 2.39. The van der Waals surface area contributed by atoms with Gasteiger partial charge in [-0.15, -0.1) is 0 Å². The molecule has 1 aromatic carbocycles. The number of nitrogens with one attached hydrogen (secondary N) is 1. The standard InChI is InChI=1S/C16H20N2O2/c1-2-3-11-9-15-12(6-7-18-11)13-8-10(16(17)19)4-5-14(13)20-15/h4-5,8,11,18H,2-3,6-7,9H2,1H3,(H2,17,19). The summed E-state index contributed by atoms with van der Waals surface area (Å²) in [6, 6.07) is 5.93. The second-order valence-corrected chi connectivity index (χ2v) is 5.47. The van der Waals surface area contributed by atoms with Crippen molar-refractivity contribution in [3.05, 3.63) is 35.1 Å². The molecule has 1 unspecified atom stereocenters. The van der Waals surface area contributed by atoms with Gasteiger partial charge in [-0.2, -0.15) is 0 Å². The molecule has 0 bridgehead atoms. The van der Waals surface area contributed by atoms with Crippen molar-refractivity contribution in [1.29, 1.82) is 0 Å². The topological polar surface area (TPSA) is 68.3 Å².